The van der Waals surface area contributed by atoms with E-state index in [-0.39, 0.29) is 0 Å². The number of nitrogens with zero attached hydrogens (tertiary/aromatic N) is 2. The van der Waals surface area contributed by atoms with Crippen molar-refractivity contribution in [1.82, 2.24) is 15.2 Å². The van der Waals surface area contributed by atoms with Gasteiger partial charge in [-0.1, -0.05) is 0 Å². The van der Waals surface area contributed by atoms with E-state index in [9.17, 15) is 0 Å². The number of ether oxygens (including phenoxy) is 1. The second-order valence-corrected chi connectivity index (χ2v) is 6.95. The number of hydrogen-bond acceptors (Lipinski definition) is 5. The smallest absolute Gasteiger partial charge is 0.107 e. The van der Waals surface area contributed by atoms with Crippen molar-refractivity contribution in [3.63, 3.8) is 0 Å². The molecule has 1 aromatic rings. The van der Waals surface area contributed by atoms with Gasteiger partial charge in [0.2, 0.25) is 0 Å². The Balaban J connectivity index is 1.67. The van der Waals surface area contributed by atoms with Gasteiger partial charge in [-0.05, 0) is 29.6 Å². The maximum atomic E-state index is 5.67. The molecule has 2 rings (SSSR count). The second-order valence-electron chi connectivity index (χ2n) is 3.94. The van der Waals surface area contributed by atoms with Gasteiger partial charge in [0.25, 0.3) is 0 Å². The summed E-state index contributed by atoms with van der Waals surface area (Å²) in [5, 5.41) is 4.55. The second kappa shape index (κ2) is 6.25. The highest BCUT2D eigenvalue weighted by Gasteiger charge is 2.16. The van der Waals surface area contributed by atoms with E-state index in [2.05, 4.69) is 44.8 Å². The van der Waals surface area contributed by atoms with Crippen LogP contribution in [0.2, 0.25) is 0 Å². The first-order valence-corrected chi connectivity index (χ1v) is 7.24. The number of halogens is 1. The Morgan fingerprint density at radius 3 is 3.31 bits per heavy atom. The third-order valence-electron chi connectivity index (χ3n) is 2.52. The number of aromatic nitrogens is 1. The molecular formula is C10H16IN3OS. The van der Waals surface area contributed by atoms with E-state index in [1.54, 1.807) is 11.3 Å². The molecule has 1 N–H and O–H groups in total. The van der Waals surface area contributed by atoms with E-state index in [0.29, 0.717) is 6.10 Å². The van der Waals surface area contributed by atoms with E-state index in [1.165, 1.54) is 2.88 Å². The van der Waals surface area contributed by atoms with Crippen molar-refractivity contribution in [2.24, 2.45) is 0 Å². The minimum absolute atomic E-state index is 0.317. The van der Waals surface area contributed by atoms with Crippen LogP contribution in [0.3, 0.4) is 0 Å². The van der Waals surface area contributed by atoms with Crippen LogP contribution in [0.25, 0.3) is 0 Å². The first kappa shape index (κ1) is 12.7. The molecule has 0 saturated carbocycles. The molecule has 0 radical (unpaired) electrons. The number of likely N-dealkylation sites (N-methyl/N-ethyl adjacent to an activating group) is 1. The van der Waals surface area contributed by atoms with Crippen molar-refractivity contribution < 1.29 is 4.74 Å². The summed E-state index contributed by atoms with van der Waals surface area (Å²) >= 11 is 4.03. The lowest BCUT2D eigenvalue weighted by molar-refractivity contribution is -0.0182. The molecule has 1 aliphatic rings. The van der Waals surface area contributed by atoms with Gasteiger partial charge in [-0.15, -0.1) is 11.3 Å². The number of hydrogen-bond donors (Lipinski definition) is 1. The van der Waals surface area contributed by atoms with Crippen LogP contribution in [-0.2, 0) is 11.3 Å². The van der Waals surface area contributed by atoms with Gasteiger partial charge in [0.1, 0.15) is 5.01 Å². The lowest BCUT2D eigenvalue weighted by Crippen LogP contribution is -2.44. The lowest BCUT2D eigenvalue weighted by Gasteiger charge is -2.30. The first-order chi connectivity index (χ1) is 7.74. The molecule has 4 nitrogen and oxygen atoms in total. The number of rotatable bonds is 4. The summed E-state index contributed by atoms with van der Waals surface area (Å²) in [7, 11) is 2.14. The summed E-state index contributed by atoms with van der Waals surface area (Å²) in [5.41, 5.74) is 0. The Morgan fingerprint density at radius 2 is 2.62 bits per heavy atom. The molecule has 6 heteroatoms. The standard InChI is InChI=1S/C10H16IN3OS/c1-14-2-3-15-8(7-14)4-12-6-10-13-5-9(11)16-10/h5,8,12H,2-4,6-7H2,1H3/t8-/m1/s1. The fourth-order valence-corrected chi connectivity index (χ4v) is 3.21. The van der Waals surface area contributed by atoms with Gasteiger partial charge in [0.05, 0.1) is 21.8 Å². The molecule has 1 atom stereocenters. The summed E-state index contributed by atoms with van der Waals surface area (Å²) in [6.45, 7) is 4.65. The largest absolute Gasteiger partial charge is 0.374 e. The van der Waals surface area contributed by atoms with Crippen molar-refractivity contribution in [2.75, 3.05) is 33.3 Å². The van der Waals surface area contributed by atoms with Gasteiger partial charge >= 0.3 is 0 Å². The average molecular weight is 353 g/mol. The molecule has 1 fully saturated rings. The Hall–Kier alpha value is 0.240. The molecule has 90 valence electrons. The molecule has 0 aliphatic carbocycles. The van der Waals surface area contributed by atoms with Crippen molar-refractivity contribution >= 4 is 33.9 Å². The van der Waals surface area contributed by atoms with E-state index < -0.39 is 0 Å². The Kier molecular flexibility index (Phi) is 4.96. The Labute approximate surface area is 114 Å². The van der Waals surface area contributed by atoms with Crippen LogP contribution < -0.4 is 5.32 Å². The number of thiazole rings is 1. The molecule has 1 aromatic heterocycles. The zero-order chi connectivity index (χ0) is 11.4. The highest BCUT2D eigenvalue weighted by molar-refractivity contribution is 14.1. The molecule has 2 heterocycles. The molecule has 0 amide bonds. The highest BCUT2D eigenvalue weighted by atomic mass is 127. The molecule has 1 aliphatic heterocycles. The van der Waals surface area contributed by atoms with E-state index in [1.807, 2.05) is 6.20 Å². The van der Waals surface area contributed by atoms with Crippen molar-refractivity contribution in [2.45, 2.75) is 12.6 Å². The first-order valence-electron chi connectivity index (χ1n) is 5.35. The Morgan fingerprint density at radius 1 is 1.75 bits per heavy atom. The average Bonchev–Trinajstić information content (AvgIpc) is 2.64. The van der Waals surface area contributed by atoms with Crippen LogP contribution >= 0.6 is 33.9 Å². The molecule has 0 spiro atoms. The predicted octanol–water partition coefficient (Wildman–Crippen LogP) is 1.17. The number of nitrogens with one attached hydrogen (secondary N) is 1. The molecule has 0 aromatic carbocycles. The zero-order valence-corrected chi connectivity index (χ0v) is 12.3. The molecule has 0 bridgehead atoms. The summed E-state index contributed by atoms with van der Waals surface area (Å²) in [6, 6.07) is 0. The van der Waals surface area contributed by atoms with E-state index >= 15 is 0 Å². The third kappa shape index (κ3) is 3.92. The quantitative estimate of drug-likeness (QED) is 0.825. The lowest BCUT2D eigenvalue weighted by atomic mass is 10.3. The van der Waals surface area contributed by atoms with Crippen LogP contribution in [0.4, 0.5) is 0 Å². The van der Waals surface area contributed by atoms with E-state index in [0.717, 1.165) is 37.8 Å². The third-order valence-corrected chi connectivity index (χ3v) is 4.24. The number of morpholine rings is 1. The van der Waals surface area contributed by atoms with Gasteiger partial charge in [-0.3, -0.25) is 0 Å². The fourth-order valence-electron chi connectivity index (χ4n) is 1.70. The summed E-state index contributed by atoms with van der Waals surface area (Å²) < 4.78 is 6.91. The van der Waals surface area contributed by atoms with Crippen molar-refractivity contribution in [1.29, 1.82) is 0 Å². The maximum absolute atomic E-state index is 5.67. The summed E-state index contributed by atoms with van der Waals surface area (Å²) in [6.07, 6.45) is 2.23. The summed E-state index contributed by atoms with van der Waals surface area (Å²) in [5.74, 6) is 0. The topological polar surface area (TPSA) is 37.4 Å². The molecular weight excluding hydrogens is 337 g/mol. The van der Waals surface area contributed by atoms with Crippen LogP contribution in [0.1, 0.15) is 5.01 Å². The van der Waals surface area contributed by atoms with E-state index in [4.69, 9.17) is 4.74 Å². The van der Waals surface area contributed by atoms with Gasteiger partial charge in [-0.25, -0.2) is 4.98 Å². The minimum Gasteiger partial charge on any atom is -0.374 e. The normalized spacial score (nSPS) is 22.5. The summed E-state index contributed by atoms with van der Waals surface area (Å²) in [4.78, 5) is 6.62. The van der Waals surface area contributed by atoms with Crippen LogP contribution in [0, 0.1) is 2.88 Å². The molecule has 16 heavy (non-hydrogen) atoms. The molecule has 1 saturated heterocycles. The highest BCUT2D eigenvalue weighted by Crippen LogP contribution is 2.14. The predicted molar refractivity (Wildman–Crippen MR) is 73.8 cm³/mol. The van der Waals surface area contributed by atoms with Crippen LogP contribution in [0.5, 0.6) is 0 Å². The van der Waals surface area contributed by atoms with Gasteiger partial charge in [-0.2, -0.15) is 0 Å². The van der Waals surface area contributed by atoms with Crippen molar-refractivity contribution in [3.8, 4) is 0 Å². The minimum atomic E-state index is 0.317. The van der Waals surface area contributed by atoms with Crippen LogP contribution in [-0.4, -0.2) is 49.3 Å². The zero-order valence-electron chi connectivity index (χ0n) is 9.28. The maximum Gasteiger partial charge on any atom is 0.107 e. The SMILES string of the molecule is CN1CCO[C@H](CNCc2ncc(I)s2)C1. The van der Waals surface area contributed by atoms with Gasteiger partial charge in [0, 0.05) is 26.2 Å². The van der Waals surface area contributed by atoms with Crippen molar-refractivity contribution in [3.05, 3.63) is 14.1 Å². The fraction of sp³-hybridized carbons (Fsp3) is 0.700. The van der Waals surface area contributed by atoms with Gasteiger partial charge in [0.15, 0.2) is 0 Å². The Bertz CT molecular complexity index is 334. The monoisotopic (exact) mass is 353 g/mol. The van der Waals surface area contributed by atoms with Gasteiger partial charge < -0.3 is 15.0 Å². The molecule has 0 unspecified atom stereocenters. The van der Waals surface area contributed by atoms with Crippen LogP contribution in [0.15, 0.2) is 6.20 Å².